The van der Waals surface area contributed by atoms with Gasteiger partial charge in [0.05, 0.1) is 17.4 Å². The van der Waals surface area contributed by atoms with Crippen LogP contribution in [-0.4, -0.2) is 32.8 Å². The standard InChI is InChI=1S/C24H25FN6O/c1-16(32)31(23-9-4-18(11-22(23)25)19-14-28-30(2)15-19)21-7-5-20(6-8-21)29-24-10-3-17(12-26)13-27-24/h3-4,9-11,13-15,20-21H,5-8H2,1-2H3,(H,27,29)/t20-,21-. The first-order valence-electron chi connectivity index (χ1n) is 10.7. The van der Waals surface area contributed by atoms with Crippen molar-refractivity contribution in [3.05, 3.63) is 60.3 Å². The van der Waals surface area contributed by atoms with Crippen LogP contribution in [-0.2, 0) is 11.8 Å². The molecule has 0 bridgehead atoms. The molecule has 1 fully saturated rings. The summed E-state index contributed by atoms with van der Waals surface area (Å²) in [6.07, 6.45) is 8.26. The predicted molar refractivity (Wildman–Crippen MR) is 120 cm³/mol. The summed E-state index contributed by atoms with van der Waals surface area (Å²) in [6, 6.07) is 10.7. The van der Waals surface area contributed by atoms with E-state index in [0.29, 0.717) is 11.3 Å². The Labute approximate surface area is 186 Å². The molecule has 0 saturated heterocycles. The van der Waals surface area contributed by atoms with E-state index in [4.69, 9.17) is 5.26 Å². The van der Waals surface area contributed by atoms with Gasteiger partial charge in [-0.1, -0.05) is 6.07 Å². The minimum absolute atomic E-state index is 0.0572. The fourth-order valence-electron chi connectivity index (χ4n) is 4.31. The topological polar surface area (TPSA) is 86.8 Å². The molecular formula is C24H25FN6O. The molecule has 1 aliphatic rings. The Morgan fingerprint density at radius 1 is 1.19 bits per heavy atom. The normalized spacial score (nSPS) is 18.1. The second-order valence-electron chi connectivity index (χ2n) is 8.15. The highest BCUT2D eigenvalue weighted by Gasteiger charge is 2.30. The largest absolute Gasteiger partial charge is 0.367 e. The number of anilines is 2. The number of carbonyl (C=O) groups excluding carboxylic acids is 1. The van der Waals surface area contributed by atoms with E-state index >= 15 is 4.39 Å². The van der Waals surface area contributed by atoms with Crippen LogP contribution >= 0.6 is 0 Å². The van der Waals surface area contributed by atoms with E-state index in [2.05, 4.69) is 21.5 Å². The smallest absolute Gasteiger partial charge is 0.224 e. The molecule has 4 rings (SSSR count). The number of aromatic nitrogens is 3. The molecule has 0 aliphatic heterocycles. The van der Waals surface area contributed by atoms with Crippen LogP contribution in [0.5, 0.6) is 0 Å². The third-order valence-electron chi connectivity index (χ3n) is 5.89. The highest BCUT2D eigenvalue weighted by atomic mass is 19.1. The molecule has 0 spiro atoms. The van der Waals surface area contributed by atoms with Crippen molar-refractivity contribution in [2.24, 2.45) is 7.05 Å². The van der Waals surface area contributed by atoms with Crippen LogP contribution in [0.15, 0.2) is 48.9 Å². The van der Waals surface area contributed by atoms with Gasteiger partial charge < -0.3 is 10.2 Å². The van der Waals surface area contributed by atoms with Crippen molar-refractivity contribution < 1.29 is 9.18 Å². The number of nitrogens with one attached hydrogen (secondary N) is 1. The molecule has 32 heavy (non-hydrogen) atoms. The summed E-state index contributed by atoms with van der Waals surface area (Å²) in [5, 5.41) is 16.4. The summed E-state index contributed by atoms with van der Waals surface area (Å²) in [5.74, 6) is 0.152. The van der Waals surface area contributed by atoms with Gasteiger partial charge in [0.25, 0.3) is 0 Å². The lowest BCUT2D eigenvalue weighted by molar-refractivity contribution is -0.117. The van der Waals surface area contributed by atoms with Crippen LogP contribution in [0.4, 0.5) is 15.9 Å². The number of carbonyl (C=O) groups is 1. The van der Waals surface area contributed by atoms with Crippen LogP contribution in [0, 0.1) is 17.1 Å². The third-order valence-corrected chi connectivity index (χ3v) is 5.89. The number of aryl methyl sites for hydroxylation is 1. The van der Waals surface area contributed by atoms with Crippen molar-refractivity contribution in [3.63, 3.8) is 0 Å². The van der Waals surface area contributed by atoms with Crippen molar-refractivity contribution >= 4 is 17.4 Å². The average molecular weight is 433 g/mol. The monoisotopic (exact) mass is 432 g/mol. The number of rotatable bonds is 5. The fourth-order valence-corrected chi connectivity index (χ4v) is 4.31. The zero-order valence-corrected chi connectivity index (χ0v) is 18.1. The summed E-state index contributed by atoms with van der Waals surface area (Å²) in [7, 11) is 1.81. The molecule has 3 aromatic rings. The molecule has 1 aliphatic carbocycles. The van der Waals surface area contributed by atoms with E-state index < -0.39 is 5.82 Å². The Bertz CT molecular complexity index is 1140. The summed E-state index contributed by atoms with van der Waals surface area (Å²) in [5.41, 5.74) is 2.39. The summed E-state index contributed by atoms with van der Waals surface area (Å²) in [4.78, 5) is 18.3. The first-order valence-corrected chi connectivity index (χ1v) is 10.7. The van der Waals surface area contributed by atoms with Gasteiger partial charge in [-0.25, -0.2) is 9.37 Å². The van der Waals surface area contributed by atoms with Crippen LogP contribution < -0.4 is 10.2 Å². The Morgan fingerprint density at radius 3 is 2.53 bits per heavy atom. The van der Waals surface area contributed by atoms with E-state index in [1.165, 1.54) is 13.0 Å². The molecule has 1 aromatic carbocycles. The van der Waals surface area contributed by atoms with Gasteiger partial charge in [0, 0.05) is 44.0 Å². The number of hydrogen-bond acceptors (Lipinski definition) is 5. The number of hydrogen-bond donors (Lipinski definition) is 1. The Balaban J connectivity index is 1.44. The van der Waals surface area contributed by atoms with Gasteiger partial charge in [-0.2, -0.15) is 10.4 Å². The minimum Gasteiger partial charge on any atom is -0.367 e. The summed E-state index contributed by atoms with van der Waals surface area (Å²) >= 11 is 0. The Morgan fingerprint density at radius 2 is 1.97 bits per heavy atom. The molecule has 7 nitrogen and oxygen atoms in total. The summed E-state index contributed by atoms with van der Waals surface area (Å²) in [6.45, 7) is 1.49. The number of pyridine rings is 1. The molecular weight excluding hydrogens is 407 g/mol. The van der Waals surface area contributed by atoms with E-state index in [9.17, 15) is 4.79 Å². The molecule has 1 saturated carbocycles. The zero-order chi connectivity index (χ0) is 22.7. The number of amides is 1. The maximum absolute atomic E-state index is 15.1. The van der Waals surface area contributed by atoms with Gasteiger partial charge in [-0.15, -0.1) is 0 Å². The maximum Gasteiger partial charge on any atom is 0.224 e. The number of nitriles is 1. The van der Waals surface area contributed by atoms with E-state index in [-0.39, 0.29) is 18.0 Å². The van der Waals surface area contributed by atoms with Crippen LogP contribution in [0.2, 0.25) is 0 Å². The van der Waals surface area contributed by atoms with Crippen molar-refractivity contribution in [1.82, 2.24) is 14.8 Å². The van der Waals surface area contributed by atoms with Crippen LogP contribution in [0.25, 0.3) is 11.1 Å². The second kappa shape index (κ2) is 9.18. The highest BCUT2D eigenvalue weighted by Crippen LogP contribution is 2.32. The van der Waals surface area contributed by atoms with E-state index in [1.807, 2.05) is 19.3 Å². The van der Waals surface area contributed by atoms with E-state index in [0.717, 1.165) is 42.6 Å². The Hall–Kier alpha value is -3.73. The minimum atomic E-state index is -0.413. The zero-order valence-electron chi connectivity index (χ0n) is 18.1. The van der Waals surface area contributed by atoms with E-state index in [1.54, 1.807) is 40.2 Å². The third kappa shape index (κ3) is 4.62. The molecule has 0 radical (unpaired) electrons. The molecule has 164 valence electrons. The van der Waals surface area contributed by atoms with Crippen molar-refractivity contribution in [3.8, 4) is 17.2 Å². The first-order chi connectivity index (χ1) is 15.4. The number of benzene rings is 1. The van der Waals surface area contributed by atoms with Gasteiger partial charge in [-0.3, -0.25) is 9.48 Å². The predicted octanol–water partition coefficient (Wildman–Crippen LogP) is 4.27. The van der Waals surface area contributed by atoms with Crippen molar-refractivity contribution in [2.75, 3.05) is 10.2 Å². The maximum atomic E-state index is 15.1. The molecule has 0 atom stereocenters. The van der Waals surface area contributed by atoms with Gasteiger partial charge in [0.1, 0.15) is 17.7 Å². The van der Waals surface area contributed by atoms with Crippen molar-refractivity contribution in [1.29, 1.82) is 5.26 Å². The molecule has 8 heteroatoms. The molecule has 0 unspecified atom stereocenters. The SMILES string of the molecule is CC(=O)N(c1ccc(-c2cnn(C)c2)cc1F)[C@H]1CC[C@H](Nc2ccc(C#N)cn2)CC1. The average Bonchev–Trinajstić information content (AvgIpc) is 3.23. The first kappa shape index (κ1) is 21.5. The lowest BCUT2D eigenvalue weighted by atomic mass is 9.89. The van der Waals surface area contributed by atoms with Gasteiger partial charge in [0.15, 0.2) is 0 Å². The van der Waals surface area contributed by atoms with Gasteiger partial charge in [-0.05, 0) is 55.5 Å². The fraction of sp³-hybridized carbons (Fsp3) is 0.333. The molecule has 2 heterocycles. The van der Waals surface area contributed by atoms with Crippen LogP contribution in [0.3, 0.4) is 0 Å². The number of nitrogens with zero attached hydrogens (tertiary/aromatic N) is 5. The molecule has 2 aromatic heterocycles. The quantitative estimate of drug-likeness (QED) is 0.651. The van der Waals surface area contributed by atoms with Gasteiger partial charge >= 0.3 is 0 Å². The lowest BCUT2D eigenvalue weighted by Gasteiger charge is -2.37. The number of halogens is 1. The van der Waals surface area contributed by atoms with Crippen LogP contribution in [0.1, 0.15) is 38.2 Å². The lowest BCUT2D eigenvalue weighted by Crippen LogP contribution is -2.43. The highest BCUT2D eigenvalue weighted by molar-refractivity contribution is 5.92. The molecule has 1 amide bonds. The second-order valence-corrected chi connectivity index (χ2v) is 8.15. The molecule has 1 N–H and O–H groups in total. The Kier molecular flexibility index (Phi) is 6.17. The van der Waals surface area contributed by atoms with Crippen molar-refractivity contribution in [2.45, 2.75) is 44.7 Å². The van der Waals surface area contributed by atoms with Gasteiger partial charge in [0.2, 0.25) is 5.91 Å². The summed E-state index contributed by atoms with van der Waals surface area (Å²) < 4.78 is 16.7.